The summed E-state index contributed by atoms with van der Waals surface area (Å²) in [5.41, 5.74) is 3.98. The fourth-order valence-corrected chi connectivity index (χ4v) is 3.63. The topological polar surface area (TPSA) is 59.0 Å². The first-order valence-corrected chi connectivity index (χ1v) is 9.23. The quantitative estimate of drug-likeness (QED) is 0.741. The number of benzene rings is 2. The Balaban J connectivity index is 1.42. The Labute approximate surface area is 153 Å². The highest BCUT2D eigenvalue weighted by Gasteiger charge is 2.16. The molecule has 1 amide bonds. The minimum atomic E-state index is 0.0902. The Bertz CT molecular complexity index is 907. The molecule has 2 N–H and O–H groups in total. The minimum absolute atomic E-state index is 0.0902. The maximum absolute atomic E-state index is 12.1. The second-order valence-electron chi connectivity index (χ2n) is 7.01. The zero-order valence-electron chi connectivity index (χ0n) is 15.0. The van der Waals surface area contributed by atoms with E-state index in [1.807, 2.05) is 49.5 Å². The maximum atomic E-state index is 12.1. The largest absolute Gasteiger partial charge is 0.327 e. The molecule has 5 heteroatoms. The van der Waals surface area contributed by atoms with E-state index in [0.717, 1.165) is 47.6 Å². The van der Waals surface area contributed by atoms with Crippen molar-refractivity contribution in [3.8, 4) is 11.4 Å². The summed E-state index contributed by atoms with van der Waals surface area (Å²) in [5, 5.41) is 6.34. The standard InChI is InChI=1S/C21H24N4O/c1-25-19-5-3-2-4-18(19)24-21(25)16-7-9-17(10-8-16)23-20(26)11-6-15-12-13-22-14-15/h2-5,7-10,15,22H,6,11-14H2,1H3,(H,23,26). The lowest BCUT2D eigenvalue weighted by molar-refractivity contribution is -0.116. The van der Waals surface area contributed by atoms with Crippen molar-refractivity contribution in [2.24, 2.45) is 13.0 Å². The number of hydrogen-bond donors (Lipinski definition) is 2. The molecule has 0 spiro atoms. The van der Waals surface area contributed by atoms with Gasteiger partial charge >= 0.3 is 0 Å². The number of carbonyl (C=O) groups is 1. The predicted molar refractivity (Wildman–Crippen MR) is 105 cm³/mol. The van der Waals surface area contributed by atoms with Crippen LogP contribution in [0.3, 0.4) is 0 Å². The molecule has 0 aliphatic carbocycles. The molecule has 1 atom stereocenters. The van der Waals surface area contributed by atoms with Gasteiger partial charge in [-0.25, -0.2) is 4.98 Å². The number of imidazole rings is 1. The summed E-state index contributed by atoms with van der Waals surface area (Å²) >= 11 is 0. The smallest absolute Gasteiger partial charge is 0.224 e. The molecule has 0 radical (unpaired) electrons. The van der Waals surface area contributed by atoms with Crippen LogP contribution in [0.25, 0.3) is 22.4 Å². The first-order chi connectivity index (χ1) is 12.7. The highest BCUT2D eigenvalue weighted by molar-refractivity contribution is 5.91. The van der Waals surface area contributed by atoms with E-state index in [-0.39, 0.29) is 5.91 Å². The van der Waals surface area contributed by atoms with Gasteiger partial charge in [0.05, 0.1) is 11.0 Å². The summed E-state index contributed by atoms with van der Waals surface area (Å²) in [5.74, 6) is 1.66. The van der Waals surface area contributed by atoms with Crippen LogP contribution in [0.2, 0.25) is 0 Å². The normalized spacial score (nSPS) is 16.9. The zero-order valence-corrected chi connectivity index (χ0v) is 15.0. The molecule has 3 aromatic rings. The van der Waals surface area contributed by atoms with Crippen molar-refractivity contribution in [2.45, 2.75) is 19.3 Å². The molecule has 1 unspecified atom stereocenters. The molecule has 0 bridgehead atoms. The number of amides is 1. The fourth-order valence-electron chi connectivity index (χ4n) is 3.63. The predicted octanol–water partition coefficient (Wildman–Crippen LogP) is 3.57. The second-order valence-corrected chi connectivity index (χ2v) is 7.01. The molecular formula is C21H24N4O. The van der Waals surface area contributed by atoms with Crippen LogP contribution in [0.5, 0.6) is 0 Å². The van der Waals surface area contributed by atoms with Crippen LogP contribution in [0.1, 0.15) is 19.3 Å². The van der Waals surface area contributed by atoms with E-state index >= 15 is 0 Å². The van der Waals surface area contributed by atoms with Crippen LogP contribution in [-0.4, -0.2) is 28.5 Å². The molecule has 1 aliphatic rings. The highest BCUT2D eigenvalue weighted by Crippen LogP contribution is 2.25. The second kappa shape index (κ2) is 7.30. The van der Waals surface area contributed by atoms with Crippen LogP contribution in [0, 0.1) is 5.92 Å². The molecule has 1 aromatic heterocycles. The highest BCUT2D eigenvalue weighted by atomic mass is 16.1. The number of nitrogens with zero attached hydrogens (tertiary/aromatic N) is 2. The monoisotopic (exact) mass is 348 g/mol. The number of carbonyl (C=O) groups excluding carboxylic acids is 1. The number of aryl methyl sites for hydroxylation is 1. The maximum Gasteiger partial charge on any atom is 0.224 e. The van der Waals surface area contributed by atoms with Crippen LogP contribution >= 0.6 is 0 Å². The Kier molecular flexibility index (Phi) is 4.71. The van der Waals surface area contributed by atoms with E-state index < -0.39 is 0 Å². The van der Waals surface area contributed by atoms with E-state index in [1.54, 1.807) is 0 Å². The van der Waals surface area contributed by atoms with Crippen LogP contribution in [0.15, 0.2) is 48.5 Å². The van der Waals surface area contributed by atoms with Crippen molar-refractivity contribution in [1.29, 1.82) is 0 Å². The molecule has 0 saturated carbocycles. The van der Waals surface area contributed by atoms with Gasteiger partial charge in [-0.15, -0.1) is 0 Å². The van der Waals surface area contributed by atoms with Gasteiger partial charge in [0.15, 0.2) is 0 Å². The molecule has 4 rings (SSSR count). The lowest BCUT2D eigenvalue weighted by Crippen LogP contribution is -2.14. The Morgan fingerprint density at radius 3 is 2.77 bits per heavy atom. The van der Waals surface area contributed by atoms with Gasteiger partial charge in [0, 0.05) is 24.7 Å². The molecule has 26 heavy (non-hydrogen) atoms. The zero-order chi connectivity index (χ0) is 17.9. The summed E-state index contributed by atoms with van der Waals surface area (Å²) < 4.78 is 2.10. The Hall–Kier alpha value is -2.66. The molecule has 1 fully saturated rings. The molecule has 1 saturated heterocycles. The summed E-state index contributed by atoms with van der Waals surface area (Å²) in [6.07, 6.45) is 2.72. The molecule has 2 aromatic carbocycles. The summed E-state index contributed by atoms with van der Waals surface area (Å²) in [7, 11) is 2.03. The molecular weight excluding hydrogens is 324 g/mol. The number of fused-ring (bicyclic) bond motifs is 1. The Morgan fingerprint density at radius 2 is 2.04 bits per heavy atom. The third-order valence-electron chi connectivity index (χ3n) is 5.16. The van der Waals surface area contributed by atoms with Gasteiger partial charge in [-0.05, 0) is 68.2 Å². The molecule has 2 heterocycles. The fraction of sp³-hybridized carbons (Fsp3) is 0.333. The average molecular weight is 348 g/mol. The van der Waals surface area contributed by atoms with Crippen molar-refractivity contribution in [3.63, 3.8) is 0 Å². The van der Waals surface area contributed by atoms with Crippen molar-refractivity contribution < 1.29 is 4.79 Å². The van der Waals surface area contributed by atoms with E-state index in [4.69, 9.17) is 4.98 Å². The minimum Gasteiger partial charge on any atom is -0.327 e. The van der Waals surface area contributed by atoms with E-state index in [9.17, 15) is 4.79 Å². The number of rotatable bonds is 5. The van der Waals surface area contributed by atoms with Crippen LogP contribution in [-0.2, 0) is 11.8 Å². The molecule has 134 valence electrons. The molecule has 1 aliphatic heterocycles. The van der Waals surface area contributed by atoms with E-state index in [1.165, 1.54) is 6.42 Å². The third-order valence-corrected chi connectivity index (χ3v) is 5.16. The number of anilines is 1. The van der Waals surface area contributed by atoms with Gasteiger partial charge in [0.2, 0.25) is 5.91 Å². The number of aromatic nitrogens is 2. The van der Waals surface area contributed by atoms with Gasteiger partial charge in [-0.1, -0.05) is 12.1 Å². The van der Waals surface area contributed by atoms with Crippen molar-refractivity contribution in [2.75, 3.05) is 18.4 Å². The summed E-state index contributed by atoms with van der Waals surface area (Å²) in [4.78, 5) is 16.9. The number of nitrogens with one attached hydrogen (secondary N) is 2. The van der Waals surface area contributed by atoms with Gasteiger partial charge in [-0.2, -0.15) is 0 Å². The number of hydrogen-bond acceptors (Lipinski definition) is 3. The average Bonchev–Trinajstić information content (AvgIpc) is 3.29. The van der Waals surface area contributed by atoms with Crippen molar-refractivity contribution >= 4 is 22.6 Å². The van der Waals surface area contributed by atoms with Crippen molar-refractivity contribution in [3.05, 3.63) is 48.5 Å². The van der Waals surface area contributed by atoms with Crippen molar-refractivity contribution in [1.82, 2.24) is 14.9 Å². The van der Waals surface area contributed by atoms with Crippen LogP contribution < -0.4 is 10.6 Å². The lowest BCUT2D eigenvalue weighted by Gasteiger charge is -2.09. The van der Waals surface area contributed by atoms with Gasteiger partial charge < -0.3 is 15.2 Å². The van der Waals surface area contributed by atoms with Crippen LogP contribution in [0.4, 0.5) is 5.69 Å². The summed E-state index contributed by atoms with van der Waals surface area (Å²) in [6.45, 7) is 2.12. The van der Waals surface area contributed by atoms with Gasteiger partial charge in [0.25, 0.3) is 0 Å². The Morgan fingerprint density at radius 1 is 1.23 bits per heavy atom. The lowest BCUT2D eigenvalue weighted by atomic mass is 10.0. The molecule has 5 nitrogen and oxygen atoms in total. The first kappa shape index (κ1) is 16.8. The SMILES string of the molecule is Cn1c(-c2ccc(NC(=O)CCC3CCNC3)cc2)nc2ccccc21. The number of para-hydroxylation sites is 2. The summed E-state index contributed by atoms with van der Waals surface area (Å²) in [6, 6.07) is 16.0. The van der Waals surface area contributed by atoms with E-state index in [0.29, 0.717) is 12.3 Å². The van der Waals surface area contributed by atoms with Gasteiger partial charge in [0.1, 0.15) is 5.82 Å². The van der Waals surface area contributed by atoms with Gasteiger partial charge in [-0.3, -0.25) is 4.79 Å². The van der Waals surface area contributed by atoms with E-state index in [2.05, 4.69) is 21.3 Å². The third kappa shape index (κ3) is 3.48. The first-order valence-electron chi connectivity index (χ1n) is 9.23.